The molecule has 0 unspecified atom stereocenters. The van der Waals surface area contributed by atoms with Crippen LogP contribution in [-0.2, 0) is 0 Å². The predicted octanol–water partition coefficient (Wildman–Crippen LogP) is 3.99. The number of nitrogens with zero attached hydrogens (tertiary/aromatic N) is 1. The quantitative estimate of drug-likeness (QED) is 0.551. The molecule has 68 valence electrons. The van der Waals surface area contributed by atoms with Crippen molar-refractivity contribution in [2.45, 2.75) is 44.9 Å². The minimum Gasteiger partial charge on any atom is -0.198 e. The summed E-state index contributed by atoms with van der Waals surface area (Å²) in [7, 11) is 0. The summed E-state index contributed by atoms with van der Waals surface area (Å²) < 4.78 is 0. The van der Waals surface area contributed by atoms with Crippen LogP contribution < -0.4 is 0 Å². The summed E-state index contributed by atoms with van der Waals surface area (Å²) in [6.45, 7) is 3.62. The zero-order chi connectivity index (χ0) is 9.23. The molecular formula is C10H16ClN. The van der Waals surface area contributed by atoms with Crippen molar-refractivity contribution in [2.75, 3.05) is 0 Å². The molecule has 0 N–H and O–H groups in total. The van der Waals surface area contributed by atoms with E-state index in [0.29, 0.717) is 6.42 Å². The molecular weight excluding hydrogens is 170 g/mol. The Morgan fingerprint density at radius 2 is 1.75 bits per heavy atom. The first-order valence-electron chi connectivity index (χ1n) is 4.47. The molecule has 0 aromatic rings. The summed E-state index contributed by atoms with van der Waals surface area (Å²) in [4.78, 5) is 0. The Morgan fingerprint density at radius 3 is 2.33 bits per heavy atom. The molecule has 0 amide bonds. The Labute approximate surface area is 80.0 Å². The van der Waals surface area contributed by atoms with Crippen LogP contribution in [0.4, 0.5) is 0 Å². The summed E-state index contributed by atoms with van der Waals surface area (Å²) in [5, 5.41) is 9.02. The fourth-order valence-electron chi connectivity index (χ4n) is 1.05. The second-order valence-corrected chi connectivity index (χ2v) is 3.48. The van der Waals surface area contributed by atoms with Gasteiger partial charge in [0.1, 0.15) is 0 Å². The highest BCUT2D eigenvalue weighted by Crippen LogP contribution is 2.12. The molecule has 0 aromatic carbocycles. The van der Waals surface area contributed by atoms with Crippen molar-refractivity contribution < 1.29 is 0 Å². The van der Waals surface area contributed by atoms with Crippen molar-refractivity contribution in [3.8, 4) is 6.07 Å². The van der Waals surface area contributed by atoms with Crippen molar-refractivity contribution in [1.29, 1.82) is 5.26 Å². The van der Waals surface area contributed by atoms with Gasteiger partial charge in [-0.3, -0.25) is 0 Å². The number of hydrogen-bond acceptors (Lipinski definition) is 1. The van der Waals surface area contributed by atoms with Crippen molar-refractivity contribution in [3.63, 3.8) is 0 Å². The van der Waals surface area contributed by atoms with Gasteiger partial charge in [-0.15, -0.1) is 0 Å². The highest BCUT2D eigenvalue weighted by atomic mass is 35.5. The minimum atomic E-state index is 0.697. The second-order valence-electron chi connectivity index (χ2n) is 2.94. The lowest BCUT2D eigenvalue weighted by molar-refractivity contribution is 0.622. The molecule has 0 aliphatic heterocycles. The molecule has 12 heavy (non-hydrogen) atoms. The maximum Gasteiger partial charge on any atom is 0.0621 e. The molecule has 0 heterocycles. The zero-order valence-electron chi connectivity index (χ0n) is 7.48. The molecule has 0 aliphatic carbocycles. The van der Waals surface area contributed by atoms with Crippen LogP contribution in [0, 0.1) is 11.3 Å². The van der Waals surface area contributed by atoms with Crippen LogP contribution in [0.1, 0.15) is 44.9 Å². The Morgan fingerprint density at radius 1 is 1.17 bits per heavy atom. The summed E-state index contributed by atoms with van der Waals surface area (Å²) in [6.07, 6.45) is 7.39. The normalized spacial score (nSPS) is 9.33. The van der Waals surface area contributed by atoms with Crippen LogP contribution in [0.3, 0.4) is 0 Å². The molecule has 0 atom stereocenters. The maximum absolute atomic E-state index is 8.26. The Balaban J connectivity index is 2.92. The number of rotatable bonds is 7. The number of nitriles is 1. The lowest BCUT2D eigenvalue weighted by atomic mass is 10.1. The molecule has 0 spiro atoms. The summed E-state index contributed by atoms with van der Waals surface area (Å²) in [6, 6.07) is 2.14. The highest BCUT2D eigenvalue weighted by Gasteiger charge is 1.91. The molecule has 0 aliphatic rings. The average Bonchev–Trinajstić information content (AvgIpc) is 2.02. The van der Waals surface area contributed by atoms with Gasteiger partial charge in [0.05, 0.1) is 6.07 Å². The van der Waals surface area contributed by atoms with E-state index >= 15 is 0 Å². The maximum atomic E-state index is 8.26. The van der Waals surface area contributed by atoms with Gasteiger partial charge in [0.25, 0.3) is 0 Å². The smallest absolute Gasteiger partial charge is 0.0621 e. The van der Waals surface area contributed by atoms with E-state index in [-0.39, 0.29) is 0 Å². The van der Waals surface area contributed by atoms with Crippen molar-refractivity contribution in [3.05, 3.63) is 11.6 Å². The van der Waals surface area contributed by atoms with Crippen molar-refractivity contribution >= 4 is 11.6 Å². The van der Waals surface area contributed by atoms with E-state index in [1.54, 1.807) is 0 Å². The summed E-state index contributed by atoms with van der Waals surface area (Å²) >= 11 is 5.60. The third-order valence-corrected chi connectivity index (χ3v) is 1.93. The lowest BCUT2D eigenvalue weighted by Crippen LogP contribution is -1.79. The van der Waals surface area contributed by atoms with Gasteiger partial charge in [-0.1, -0.05) is 37.4 Å². The third kappa shape index (κ3) is 9.52. The third-order valence-electron chi connectivity index (χ3n) is 1.74. The van der Waals surface area contributed by atoms with Gasteiger partial charge in [-0.05, 0) is 19.3 Å². The summed E-state index contributed by atoms with van der Waals surface area (Å²) in [5.74, 6) is 0. The SMILES string of the molecule is C=C(Cl)CCCCCCCC#N. The number of unbranched alkanes of at least 4 members (excludes halogenated alkanes) is 5. The largest absolute Gasteiger partial charge is 0.198 e. The van der Waals surface area contributed by atoms with E-state index in [1.165, 1.54) is 19.3 Å². The second kappa shape index (κ2) is 8.62. The standard InChI is InChI=1S/C10H16ClN/c1-10(11)8-6-4-2-3-5-7-9-12/h1-8H2. The number of allylic oxidation sites excluding steroid dienone is 1. The predicted molar refractivity (Wildman–Crippen MR) is 52.9 cm³/mol. The Bertz CT molecular complexity index is 158. The molecule has 0 fully saturated rings. The van der Waals surface area contributed by atoms with Crippen LogP contribution >= 0.6 is 11.6 Å². The van der Waals surface area contributed by atoms with Crippen molar-refractivity contribution in [1.82, 2.24) is 0 Å². The van der Waals surface area contributed by atoms with Gasteiger partial charge < -0.3 is 0 Å². The molecule has 1 nitrogen and oxygen atoms in total. The van der Waals surface area contributed by atoms with Crippen LogP contribution in [0.25, 0.3) is 0 Å². The van der Waals surface area contributed by atoms with E-state index in [2.05, 4.69) is 12.6 Å². The van der Waals surface area contributed by atoms with Crippen molar-refractivity contribution in [2.24, 2.45) is 0 Å². The number of halogens is 1. The van der Waals surface area contributed by atoms with Gasteiger partial charge in [0, 0.05) is 11.5 Å². The van der Waals surface area contributed by atoms with Crippen LogP contribution in [0.2, 0.25) is 0 Å². The van der Waals surface area contributed by atoms with E-state index in [4.69, 9.17) is 16.9 Å². The molecule has 0 bridgehead atoms. The van der Waals surface area contributed by atoms with Gasteiger partial charge >= 0.3 is 0 Å². The van der Waals surface area contributed by atoms with E-state index < -0.39 is 0 Å². The highest BCUT2D eigenvalue weighted by molar-refractivity contribution is 6.29. The number of hydrogen-bond donors (Lipinski definition) is 0. The topological polar surface area (TPSA) is 23.8 Å². The van der Waals surface area contributed by atoms with Gasteiger partial charge in [0.15, 0.2) is 0 Å². The first-order chi connectivity index (χ1) is 5.77. The Hall–Kier alpha value is -0.480. The fraction of sp³-hybridized carbons (Fsp3) is 0.700. The molecule has 0 aromatic heterocycles. The average molecular weight is 186 g/mol. The molecule has 0 radical (unpaired) electrons. The first kappa shape index (κ1) is 11.5. The van der Waals surface area contributed by atoms with E-state index in [0.717, 1.165) is 24.3 Å². The molecule has 0 saturated heterocycles. The van der Waals surface area contributed by atoms with Gasteiger partial charge in [-0.25, -0.2) is 0 Å². The Kier molecular flexibility index (Phi) is 8.27. The van der Waals surface area contributed by atoms with E-state index in [1.807, 2.05) is 0 Å². The molecule has 0 rings (SSSR count). The first-order valence-corrected chi connectivity index (χ1v) is 4.85. The van der Waals surface area contributed by atoms with Crippen LogP contribution in [0.15, 0.2) is 11.6 Å². The van der Waals surface area contributed by atoms with Crippen LogP contribution in [0.5, 0.6) is 0 Å². The monoisotopic (exact) mass is 185 g/mol. The van der Waals surface area contributed by atoms with E-state index in [9.17, 15) is 0 Å². The molecule has 2 heteroatoms. The van der Waals surface area contributed by atoms with Gasteiger partial charge in [-0.2, -0.15) is 5.26 Å². The fourth-order valence-corrected chi connectivity index (χ4v) is 1.18. The lowest BCUT2D eigenvalue weighted by Gasteiger charge is -1.98. The minimum absolute atomic E-state index is 0.697. The zero-order valence-corrected chi connectivity index (χ0v) is 8.24. The molecule has 0 saturated carbocycles. The van der Waals surface area contributed by atoms with Crippen LogP contribution in [-0.4, -0.2) is 0 Å². The summed E-state index contributed by atoms with van der Waals surface area (Å²) in [5.41, 5.74) is 0. The van der Waals surface area contributed by atoms with Gasteiger partial charge in [0.2, 0.25) is 0 Å².